The molecule has 0 aliphatic heterocycles. The third kappa shape index (κ3) is 20.9. The first-order valence-corrected chi connectivity index (χ1v) is 19.3. The van der Waals surface area contributed by atoms with E-state index < -0.39 is 19.1 Å². The second-order valence-electron chi connectivity index (χ2n) is 11.2. The summed E-state index contributed by atoms with van der Waals surface area (Å²) in [6.45, 7) is 15.1. The number of rotatable bonds is 22. The predicted molar refractivity (Wildman–Crippen MR) is 162 cm³/mol. The van der Waals surface area contributed by atoms with Crippen LogP contribution in [0, 0.1) is 23.7 Å². The summed E-state index contributed by atoms with van der Waals surface area (Å²) in [5, 5.41) is 0. The van der Waals surface area contributed by atoms with Crippen molar-refractivity contribution in [2.75, 3.05) is 45.4 Å². The molecule has 0 aromatic rings. The molecule has 38 heavy (non-hydrogen) atoms. The summed E-state index contributed by atoms with van der Waals surface area (Å²) in [6.07, 6.45) is 0.881. The standard InChI is InChI=1S/C26H52O8P2S2/c1-20(2)16-30-35(37,31-17-21(3)4)14-11-25(27)29-13-10-24(9)34-26(28)12-15-36(38,32-18-22(5)6)33-19-23(7)8/h20-24H,10-19H2,1-9H3. The zero-order valence-corrected chi connectivity index (χ0v) is 28.4. The monoisotopic (exact) mass is 618 g/mol. The molecule has 8 nitrogen and oxygen atoms in total. The minimum atomic E-state index is -2.57. The van der Waals surface area contributed by atoms with Gasteiger partial charge in [0.15, 0.2) is 13.0 Å². The van der Waals surface area contributed by atoms with Crippen molar-refractivity contribution in [1.29, 1.82) is 0 Å². The largest absolute Gasteiger partial charge is 0.466 e. The number of esters is 2. The van der Waals surface area contributed by atoms with Crippen LogP contribution in [-0.4, -0.2) is 63.4 Å². The SMILES string of the molecule is CC(C)COP(=S)(CCC(=O)OCCC(C)OC(=O)CCP(=S)(OCC(C)C)OCC(C)C)OCC(C)C. The summed E-state index contributed by atoms with van der Waals surface area (Å²) < 4.78 is 34.4. The number of hydrogen-bond donors (Lipinski definition) is 0. The fourth-order valence-electron chi connectivity index (χ4n) is 2.59. The fourth-order valence-corrected chi connectivity index (χ4v) is 7.55. The molecule has 0 heterocycles. The molecule has 1 unspecified atom stereocenters. The lowest BCUT2D eigenvalue weighted by Gasteiger charge is -2.24. The van der Waals surface area contributed by atoms with Gasteiger partial charge in [0.05, 0.1) is 45.9 Å². The lowest BCUT2D eigenvalue weighted by Crippen LogP contribution is -2.19. The van der Waals surface area contributed by atoms with Crippen molar-refractivity contribution in [2.24, 2.45) is 23.7 Å². The third-order valence-corrected chi connectivity index (χ3v) is 10.8. The van der Waals surface area contributed by atoms with E-state index in [2.05, 4.69) is 0 Å². The maximum atomic E-state index is 12.4. The van der Waals surface area contributed by atoms with E-state index in [1.165, 1.54) is 0 Å². The van der Waals surface area contributed by atoms with Crippen LogP contribution < -0.4 is 0 Å². The maximum absolute atomic E-state index is 12.4. The molecule has 0 aromatic heterocycles. The Labute approximate surface area is 241 Å². The minimum Gasteiger partial charge on any atom is -0.466 e. The quantitative estimate of drug-likeness (QED) is 0.0939. The van der Waals surface area contributed by atoms with Crippen LogP contribution in [0.3, 0.4) is 0 Å². The van der Waals surface area contributed by atoms with Crippen LogP contribution in [-0.2, 0) is 60.8 Å². The van der Waals surface area contributed by atoms with Gasteiger partial charge < -0.3 is 27.6 Å². The van der Waals surface area contributed by atoms with Gasteiger partial charge in [0, 0.05) is 18.7 Å². The number of ether oxygens (including phenoxy) is 2. The van der Waals surface area contributed by atoms with Gasteiger partial charge in [-0.05, 0) is 54.2 Å². The van der Waals surface area contributed by atoms with Crippen LogP contribution in [0.2, 0.25) is 0 Å². The molecule has 0 saturated heterocycles. The average Bonchev–Trinajstić information content (AvgIpc) is 2.81. The highest BCUT2D eigenvalue weighted by atomic mass is 32.5. The van der Waals surface area contributed by atoms with E-state index in [1.807, 2.05) is 55.4 Å². The van der Waals surface area contributed by atoms with Crippen molar-refractivity contribution in [3.8, 4) is 0 Å². The van der Waals surface area contributed by atoms with E-state index in [1.54, 1.807) is 6.92 Å². The van der Waals surface area contributed by atoms with Crippen LogP contribution in [0.15, 0.2) is 0 Å². The second-order valence-corrected chi connectivity index (χ2v) is 18.9. The van der Waals surface area contributed by atoms with E-state index in [4.69, 9.17) is 51.2 Å². The van der Waals surface area contributed by atoms with Crippen molar-refractivity contribution in [1.82, 2.24) is 0 Å². The molecular weight excluding hydrogens is 566 g/mol. The van der Waals surface area contributed by atoms with E-state index in [9.17, 15) is 9.59 Å². The smallest absolute Gasteiger partial charge is 0.306 e. The first kappa shape index (κ1) is 38.1. The van der Waals surface area contributed by atoms with Gasteiger partial charge in [-0.3, -0.25) is 9.59 Å². The van der Waals surface area contributed by atoms with E-state index in [0.29, 0.717) is 68.8 Å². The van der Waals surface area contributed by atoms with Crippen LogP contribution in [0.1, 0.15) is 81.6 Å². The first-order valence-electron chi connectivity index (χ1n) is 13.7. The van der Waals surface area contributed by atoms with Crippen LogP contribution in [0.25, 0.3) is 0 Å². The molecule has 0 aromatic carbocycles. The van der Waals surface area contributed by atoms with Gasteiger partial charge in [-0.15, -0.1) is 0 Å². The molecule has 1 atom stereocenters. The Morgan fingerprint density at radius 1 is 0.605 bits per heavy atom. The molecule has 0 radical (unpaired) electrons. The minimum absolute atomic E-state index is 0.120. The van der Waals surface area contributed by atoms with Crippen molar-refractivity contribution < 1.29 is 37.2 Å². The average molecular weight is 619 g/mol. The number of hydrogen-bond acceptors (Lipinski definition) is 10. The summed E-state index contributed by atoms with van der Waals surface area (Å²) in [5.74, 6) is 0.536. The molecule has 0 saturated carbocycles. The lowest BCUT2D eigenvalue weighted by molar-refractivity contribution is -0.150. The maximum Gasteiger partial charge on any atom is 0.306 e. The Morgan fingerprint density at radius 2 is 0.947 bits per heavy atom. The highest BCUT2D eigenvalue weighted by Crippen LogP contribution is 2.50. The van der Waals surface area contributed by atoms with E-state index in [0.717, 1.165) is 0 Å². The van der Waals surface area contributed by atoms with Crippen LogP contribution in [0.5, 0.6) is 0 Å². The van der Waals surface area contributed by atoms with Gasteiger partial charge >= 0.3 is 11.9 Å². The molecule has 0 aliphatic carbocycles. The van der Waals surface area contributed by atoms with Crippen molar-refractivity contribution >= 4 is 48.5 Å². The molecule has 12 heteroatoms. The zero-order valence-electron chi connectivity index (χ0n) is 24.9. The van der Waals surface area contributed by atoms with Gasteiger partial charge in [0.1, 0.15) is 6.10 Å². The summed E-state index contributed by atoms with van der Waals surface area (Å²) in [6, 6.07) is 0. The van der Waals surface area contributed by atoms with Crippen molar-refractivity contribution in [3.05, 3.63) is 0 Å². The first-order chi connectivity index (χ1) is 17.6. The van der Waals surface area contributed by atoms with Crippen molar-refractivity contribution in [3.63, 3.8) is 0 Å². The topological polar surface area (TPSA) is 89.5 Å². The lowest BCUT2D eigenvalue weighted by atomic mass is 10.2. The van der Waals surface area contributed by atoms with Crippen LogP contribution in [0.4, 0.5) is 0 Å². The van der Waals surface area contributed by atoms with Gasteiger partial charge in [-0.25, -0.2) is 0 Å². The summed E-state index contributed by atoms with van der Waals surface area (Å²) in [5.41, 5.74) is 0. The molecule has 0 N–H and O–H groups in total. The highest BCUT2D eigenvalue weighted by Gasteiger charge is 2.24. The van der Waals surface area contributed by atoms with Gasteiger partial charge in [-0.2, -0.15) is 0 Å². The van der Waals surface area contributed by atoms with Gasteiger partial charge in [-0.1, -0.05) is 55.4 Å². The highest BCUT2D eigenvalue weighted by molar-refractivity contribution is 8.10. The Hall–Kier alpha value is 0.0800. The number of carbonyl (C=O) groups is 2. The summed E-state index contributed by atoms with van der Waals surface area (Å²) in [7, 11) is 0. The number of carbonyl (C=O) groups excluding carboxylic acids is 2. The Bertz CT molecular complexity index is 742. The van der Waals surface area contributed by atoms with Gasteiger partial charge in [0.2, 0.25) is 0 Å². The van der Waals surface area contributed by atoms with E-state index in [-0.39, 0.29) is 31.4 Å². The second kappa shape index (κ2) is 20.0. The normalized spacial score (nSPS) is 13.5. The fraction of sp³-hybridized carbons (Fsp3) is 0.923. The predicted octanol–water partition coefficient (Wildman–Crippen LogP) is 6.94. The molecule has 0 rings (SSSR count). The molecule has 0 aliphatic rings. The molecule has 0 amide bonds. The molecule has 0 fully saturated rings. The van der Waals surface area contributed by atoms with Crippen molar-refractivity contribution in [2.45, 2.75) is 87.7 Å². The summed E-state index contributed by atoms with van der Waals surface area (Å²) in [4.78, 5) is 24.7. The Morgan fingerprint density at radius 3 is 1.29 bits per heavy atom. The summed E-state index contributed by atoms with van der Waals surface area (Å²) >= 11 is 11.3. The Kier molecular flexibility index (Phi) is 20.1. The van der Waals surface area contributed by atoms with E-state index >= 15 is 0 Å². The molecular formula is C26H52O8P2S2. The Balaban J connectivity index is 4.52. The van der Waals surface area contributed by atoms with Gasteiger partial charge in [0.25, 0.3) is 0 Å². The zero-order chi connectivity index (χ0) is 29.4. The molecule has 0 spiro atoms. The molecule has 0 bridgehead atoms. The third-order valence-electron chi connectivity index (χ3n) is 4.72. The molecule has 226 valence electrons. The van der Waals surface area contributed by atoms with Crippen LogP contribution >= 0.6 is 13.0 Å².